The predicted octanol–water partition coefficient (Wildman–Crippen LogP) is 6.08. The summed E-state index contributed by atoms with van der Waals surface area (Å²) in [6.45, 7) is 2.97. The topological polar surface area (TPSA) is 101 Å². The predicted molar refractivity (Wildman–Crippen MR) is 161 cm³/mol. The average molecular weight is 629 g/mol. The minimum atomic E-state index is -0.715. The van der Waals surface area contributed by atoms with Gasteiger partial charge in [-0.1, -0.05) is 17.7 Å². The van der Waals surface area contributed by atoms with Crippen molar-refractivity contribution in [2.24, 2.45) is 0 Å². The van der Waals surface area contributed by atoms with Crippen LogP contribution in [0.25, 0.3) is 32.1 Å². The molecule has 2 N–H and O–H groups in total. The Hall–Kier alpha value is -3.37. The molecule has 43 heavy (non-hydrogen) atoms. The van der Waals surface area contributed by atoms with Crippen LogP contribution in [0.2, 0.25) is 5.02 Å². The zero-order valence-corrected chi connectivity index (χ0v) is 24.8. The molecule has 8 rings (SSSR count). The summed E-state index contributed by atoms with van der Waals surface area (Å²) in [5, 5.41) is 10.5. The Morgan fingerprint density at radius 2 is 1.98 bits per heavy atom. The number of morpholine rings is 1. The van der Waals surface area contributed by atoms with Crippen molar-refractivity contribution in [3.05, 3.63) is 40.4 Å². The molecule has 4 saturated heterocycles. The van der Waals surface area contributed by atoms with Crippen molar-refractivity contribution in [3.8, 4) is 23.2 Å². The first kappa shape index (κ1) is 28.4. The second kappa shape index (κ2) is 11.0. The second-order valence-corrected chi connectivity index (χ2v) is 12.8. The monoisotopic (exact) mass is 628 g/mol. The number of halogens is 4. The lowest BCUT2D eigenvalue weighted by Gasteiger charge is -2.53. The Bertz CT molecular complexity index is 1770. The lowest BCUT2D eigenvalue weighted by Crippen LogP contribution is -2.64. The largest absolute Gasteiger partial charge is 0.467 e. The van der Waals surface area contributed by atoms with Gasteiger partial charge in [0.2, 0.25) is 0 Å². The van der Waals surface area contributed by atoms with Crippen LogP contribution in [0.5, 0.6) is 6.01 Å². The SMILES string of the molecule is COc1nc(N2C3COCC2C3)c2cc(Cl)c(-c3ccc(F)c4sc(N)c(C#N)c34)c(F)c2n1.F[C@@H]1CC2CCCN2C1. The van der Waals surface area contributed by atoms with Gasteiger partial charge in [0.15, 0.2) is 5.82 Å². The van der Waals surface area contributed by atoms with E-state index in [-0.39, 0.29) is 60.4 Å². The number of hydrogen-bond donors (Lipinski definition) is 1. The maximum atomic E-state index is 16.2. The minimum absolute atomic E-state index is 0.00677. The third-order valence-corrected chi connectivity index (χ3v) is 10.2. The fourth-order valence-corrected chi connectivity index (χ4v) is 8.16. The van der Waals surface area contributed by atoms with E-state index in [4.69, 9.17) is 26.8 Å². The van der Waals surface area contributed by atoms with Crippen LogP contribution < -0.4 is 15.4 Å². The molecule has 6 heterocycles. The summed E-state index contributed by atoms with van der Waals surface area (Å²) in [7, 11) is 1.41. The summed E-state index contributed by atoms with van der Waals surface area (Å²) in [5.74, 6) is -0.736. The Labute approximate surface area is 254 Å². The Morgan fingerprint density at radius 3 is 2.67 bits per heavy atom. The molecule has 4 aromatic rings. The third-order valence-electron chi connectivity index (χ3n) is 8.88. The normalized spacial score (nSPS) is 24.4. The molecule has 4 atom stereocenters. The lowest BCUT2D eigenvalue weighted by molar-refractivity contribution is 0.00984. The number of fused-ring (bicyclic) bond motifs is 5. The van der Waals surface area contributed by atoms with E-state index in [2.05, 4.69) is 19.8 Å². The summed E-state index contributed by atoms with van der Waals surface area (Å²) < 4.78 is 54.3. The molecule has 0 amide bonds. The maximum absolute atomic E-state index is 16.2. The van der Waals surface area contributed by atoms with E-state index in [1.165, 1.54) is 32.1 Å². The molecule has 2 bridgehead atoms. The standard InChI is InChI=1S/C23H16ClF2N5O2S.C7H12FN/c1-32-23-29-19-12(22(30-23)31-9-4-10(31)8-33-7-9)5-14(24)17(18(19)26)11-2-3-15(25)20-16(11)13(6-27)21(28)34-20;8-6-4-7-2-1-3-9(7)5-6/h2-3,5,9-10H,4,7-8,28H2,1H3;6-7H,1-5H2/t;6-,7?/m.1/s1. The van der Waals surface area contributed by atoms with Crippen LogP contribution >= 0.6 is 22.9 Å². The molecule has 2 aromatic carbocycles. The van der Waals surface area contributed by atoms with Crippen molar-refractivity contribution in [3.63, 3.8) is 0 Å². The molecule has 2 aromatic heterocycles. The molecule has 0 radical (unpaired) electrons. The summed E-state index contributed by atoms with van der Waals surface area (Å²) in [4.78, 5) is 13.2. The number of aromatic nitrogens is 2. The van der Waals surface area contributed by atoms with Gasteiger partial charge < -0.3 is 20.1 Å². The first-order chi connectivity index (χ1) is 20.8. The van der Waals surface area contributed by atoms with E-state index in [1.54, 1.807) is 6.07 Å². The molecule has 4 aliphatic rings. The van der Waals surface area contributed by atoms with Crippen LogP contribution in [0.4, 0.5) is 24.0 Å². The van der Waals surface area contributed by atoms with Crippen LogP contribution in [0.3, 0.4) is 0 Å². The van der Waals surface area contributed by atoms with E-state index in [9.17, 15) is 14.0 Å². The summed E-state index contributed by atoms with van der Waals surface area (Å²) in [6.07, 6.45) is 3.78. The lowest BCUT2D eigenvalue weighted by atomic mass is 9.90. The highest BCUT2D eigenvalue weighted by Gasteiger charge is 2.44. The highest BCUT2D eigenvalue weighted by Crippen LogP contribution is 2.47. The number of nitrogen functional groups attached to an aromatic ring is 1. The number of rotatable bonds is 3. The Kier molecular flexibility index (Phi) is 7.24. The highest BCUT2D eigenvalue weighted by molar-refractivity contribution is 7.23. The molecule has 4 fully saturated rings. The van der Waals surface area contributed by atoms with Crippen LogP contribution in [-0.2, 0) is 4.74 Å². The first-order valence-corrected chi connectivity index (χ1v) is 15.4. The molecule has 224 valence electrons. The number of thiophene rings is 1. The first-order valence-electron chi connectivity index (χ1n) is 14.2. The smallest absolute Gasteiger partial charge is 0.318 e. The molecule has 4 aliphatic heterocycles. The fourth-order valence-electron chi connectivity index (χ4n) is 6.91. The van der Waals surface area contributed by atoms with Crippen molar-refractivity contribution in [2.45, 2.75) is 50.0 Å². The van der Waals surface area contributed by atoms with Crippen molar-refractivity contribution >= 4 is 54.7 Å². The molecule has 0 spiro atoms. The molecule has 0 saturated carbocycles. The molecule has 3 unspecified atom stereocenters. The van der Waals surface area contributed by atoms with E-state index < -0.39 is 17.8 Å². The zero-order chi connectivity index (χ0) is 30.0. The van der Waals surface area contributed by atoms with Crippen molar-refractivity contribution in [1.82, 2.24) is 14.9 Å². The van der Waals surface area contributed by atoms with E-state index in [0.29, 0.717) is 37.0 Å². The number of hydrogen-bond acceptors (Lipinski definition) is 9. The fraction of sp³-hybridized carbons (Fsp3) is 0.433. The van der Waals surface area contributed by atoms with Crippen molar-refractivity contribution in [1.29, 1.82) is 5.26 Å². The van der Waals surface area contributed by atoms with E-state index in [1.807, 2.05) is 6.07 Å². The summed E-state index contributed by atoms with van der Waals surface area (Å²) in [5.41, 5.74) is 6.33. The van der Waals surface area contributed by atoms with Gasteiger partial charge >= 0.3 is 6.01 Å². The number of nitrogens with two attached hydrogens (primary N) is 1. The number of nitrogens with zero attached hydrogens (tertiary/aromatic N) is 5. The van der Waals surface area contributed by atoms with Gasteiger partial charge in [-0.2, -0.15) is 15.2 Å². The van der Waals surface area contributed by atoms with E-state index in [0.717, 1.165) is 30.7 Å². The number of anilines is 2. The summed E-state index contributed by atoms with van der Waals surface area (Å²) in [6, 6.07) is 7.11. The van der Waals surface area contributed by atoms with Crippen LogP contribution in [0.15, 0.2) is 18.2 Å². The number of nitriles is 1. The minimum Gasteiger partial charge on any atom is -0.467 e. The van der Waals surface area contributed by atoms with Crippen molar-refractivity contribution < 1.29 is 22.6 Å². The number of ether oxygens (including phenoxy) is 2. The number of benzene rings is 2. The van der Waals surface area contributed by atoms with Gasteiger partial charge in [-0.3, -0.25) is 4.90 Å². The van der Waals surface area contributed by atoms with E-state index >= 15 is 4.39 Å². The van der Waals surface area contributed by atoms with Crippen LogP contribution in [-0.4, -0.2) is 72.6 Å². The summed E-state index contributed by atoms with van der Waals surface area (Å²) >= 11 is 7.58. The van der Waals surface area contributed by atoms with Gasteiger partial charge in [-0.05, 0) is 49.9 Å². The van der Waals surface area contributed by atoms with Crippen LogP contribution in [0, 0.1) is 23.0 Å². The molecule has 13 heteroatoms. The average Bonchev–Trinajstić information content (AvgIpc) is 3.68. The number of alkyl halides is 1. The van der Waals surface area contributed by atoms with Gasteiger partial charge in [0, 0.05) is 28.9 Å². The highest BCUT2D eigenvalue weighted by atomic mass is 35.5. The number of methoxy groups -OCH3 is 1. The van der Waals surface area contributed by atoms with Gasteiger partial charge in [0.25, 0.3) is 0 Å². The van der Waals surface area contributed by atoms with Crippen molar-refractivity contribution in [2.75, 3.05) is 44.0 Å². The van der Waals surface area contributed by atoms with Crippen LogP contribution in [0.1, 0.15) is 31.2 Å². The quantitative estimate of drug-likeness (QED) is 0.292. The van der Waals surface area contributed by atoms with Gasteiger partial charge in [0.1, 0.15) is 34.4 Å². The second-order valence-electron chi connectivity index (χ2n) is 11.3. The molecular weight excluding hydrogens is 601 g/mol. The molecular formula is C30H28ClF3N6O2S. The molecule has 8 nitrogen and oxygen atoms in total. The molecule has 0 aliphatic carbocycles. The Balaban J connectivity index is 0.000000283. The third kappa shape index (κ3) is 4.65. The van der Waals surface area contributed by atoms with Gasteiger partial charge in [0.05, 0.1) is 47.7 Å². The zero-order valence-electron chi connectivity index (χ0n) is 23.2. The Morgan fingerprint density at radius 1 is 1.19 bits per heavy atom. The maximum Gasteiger partial charge on any atom is 0.318 e. The van der Waals surface area contributed by atoms with Gasteiger partial charge in [-0.25, -0.2) is 13.2 Å². The van der Waals surface area contributed by atoms with Gasteiger partial charge in [-0.15, -0.1) is 11.3 Å².